The zero-order chi connectivity index (χ0) is 15.9. The van der Waals surface area contributed by atoms with Crippen LogP contribution in [0.3, 0.4) is 0 Å². The van der Waals surface area contributed by atoms with Crippen LogP contribution < -0.4 is 10.1 Å². The van der Waals surface area contributed by atoms with Gasteiger partial charge in [0.15, 0.2) is 12.4 Å². The number of carbonyl (C=O) groups excluding carboxylic acids is 2. The maximum absolute atomic E-state index is 11.9. The number of benzene rings is 2. The predicted octanol–water partition coefficient (Wildman–Crippen LogP) is 2.78. The van der Waals surface area contributed by atoms with Gasteiger partial charge in [0.25, 0.3) is 5.91 Å². The lowest BCUT2D eigenvalue weighted by Gasteiger charge is -2.10. The second-order valence-corrected chi connectivity index (χ2v) is 4.55. The normalized spacial score (nSPS) is 9.64. The Kier molecular flexibility index (Phi) is 4.89. The fourth-order valence-electron chi connectivity index (χ4n) is 1.90. The average molecular weight is 294 g/mol. The molecule has 0 saturated carbocycles. The van der Waals surface area contributed by atoms with Crippen molar-refractivity contribution in [2.24, 2.45) is 0 Å². The molecule has 0 atom stereocenters. The number of hydrogen-bond acceptors (Lipinski definition) is 4. The van der Waals surface area contributed by atoms with Crippen LogP contribution in [0.1, 0.15) is 22.8 Å². The van der Waals surface area contributed by atoms with Gasteiger partial charge in [0.2, 0.25) is 0 Å². The first kappa shape index (κ1) is 15.3. The summed E-state index contributed by atoms with van der Waals surface area (Å²) < 4.78 is 5.39. The van der Waals surface area contributed by atoms with Gasteiger partial charge >= 0.3 is 0 Å². The molecular formula is C17H14N2O3. The van der Waals surface area contributed by atoms with E-state index in [-0.39, 0.29) is 12.4 Å². The zero-order valence-electron chi connectivity index (χ0n) is 12.0. The van der Waals surface area contributed by atoms with Gasteiger partial charge in [-0.1, -0.05) is 24.3 Å². The van der Waals surface area contributed by atoms with Gasteiger partial charge in [-0.25, -0.2) is 0 Å². The van der Waals surface area contributed by atoms with Crippen molar-refractivity contribution in [2.75, 3.05) is 11.9 Å². The number of ether oxygens (including phenoxy) is 1. The molecule has 2 aromatic rings. The van der Waals surface area contributed by atoms with Crippen LogP contribution >= 0.6 is 0 Å². The Labute approximate surface area is 128 Å². The summed E-state index contributed by atoms with van der Waals surface area (Å²) in [4.78, 5) is 23.4. The highest BCUT2D eigenvalue weighted by Gasteiger charge is 2.10. The fourth-order valence-corrected chi connectivity index (χ4v) is 1.90. The Bertz CT molecular complexity index is 748. The quantitative estimate of drug-likeness (QED) is 0.860. The molecule has 2 rings (SSSR count). The molecule has 1 N–H and O–H groups in total. The minimum atomic E-state index is -0.402. The Hall–Kier alpha value is -3.13. The van der Waals surface area contributed by atoms with E-state index in [9.17, 15) is 9.59 Å². The summed E-state index contributed by atoms with van der Waals surface area (Å²) in [6.45, 7) is 1.19. The number of hydrogen-bond donors (Lipinski definition) is 1. The predicted molar refractivity (Wildman–Crippen MR) is 81.7 cm³/mol. The Morgan fingerprint density at radius 3 is 2.55 bits per heavy atom. The van der Waals surface area contributed by atoms with Crippen LogP contribution in [0.4, 0.5) is 5.69 Å². The Morgan fingerprint density at radius 1 is 1.14 bits per heavy atom. The molecule has 1 amide bonds. The topological polar surface area (TPSA) is 79.2 Å². The molecule has 5 nitrogen and oxygen atoms in total. The zero-order valence-corrected chi connectivity index (χ0v) is 12.0. The van der Waals surface area contributed by atoms with E-state index < -0.39 is 5.91 Å². The molecule has 0 radical (unpaired) electrons. The highest BCUT2D eigenvalue weighted by Crippen LogP contribution is 2.18. The second-order valence-electron chi connectivity index (χ2n) is 4.55. The molecule has 0 aromatic heterocycles. The van der Waals surface area contributed by atoms with Crippen LogP contribution in [-0.2, 0) is 4.79 Å². The summed E-state index contributed by atoms with van der Waals surface area (Å²) in [5.41, 5.74) is 1.23. The molecule has 0 bridgehead atoms. The van der Waals surface area contributed by atoms with E-state index in [1.54, 1.807) is 48.5 Å². The number of carbonyl (C=O) groups is 2. The molecule has 0 aliphatic rings. The van der Waals surface area contributed by atoms with Gasteiger partial charge in [-0.15, -0.1) is 0 Å². The summed E-state index contributed by atoms with van der Waals surface area (Å²) in [6.07, 6.45) is 0. The van der Waals surface area contributed by atoms with Crippen LogP contribution in [0.15, 0.2) is 48.5 Å². The number of nitriles is 1. The number of anilines is 1. The molecule has 0 aliphatic carbocycles. The third kappa shape index (κ3) is 3.70. The summed E-state index contributed by atoms with van der Waals surface area (Å²) in [7, 11) is 0. The molecule has 0 fully saturated rings. The molecule has 0 aliphatic heterocycles. The van der Waals surface area contributed by atoms with Gasteiger partial charge in [-0.2, -0.15) is 5.26 Å². The van der Waals surface area contributed by atoms with E-state index in [4.69, 9.17) is 10.00 Å². The Morgan fingerprint density at radius 2 is 1.82 bits per heavy atom. The first-order chi connectivity index (χ1) is 10.6. The molecular weight excluding hydrogens is 280 g/mol. The van der Waals surface area contributed by atoms with Gasteiger partial charge in [0.1, 0.15) is 11.8 Å². The van der Waals surface area contributed by atoms with Crippen LogP contribution in [0.2, 0.25) is 0 Å². The van der Waals surface area contributed by atoms with Crippen LogP contribution in [-0.4, -0.2) is 18.3 Å². The van der Waals surface area contributed by atoms with Crippen molar-refractivity contribution in [3.63, 3.8) is 0 Å². The SMILES string of the molecule is CC(=O)c1ccccc1OCC(=O)Nc1ccccc1C#N. The number of para-hydroxylation sites is 2. The minimum Gasteiger partial charge on any atom is -0.483 e. The molecule has 110 valence electrons. The van der Waals surface area contributed by atoms with Gasteiger partial charge in [-0.3, -0.25) is 9.59 Å². The minimum absolute atomic E-state index is 0.133. The van der Waals surface area contributed by atoms with E-state index in [1.807, 2.05) is 6.07 Å². The standard InChI is InChI=1S/C17H14N2O3/c1-12(20)14-7-3-5-9-16(14)22-11-17(21)19-15-8-4-2-6-13(15)10-18/h2-9H,11H2,1H3,(H,19,21). The summed E-state index contributed by atoms with van der Waals surface area (Å²) in [6, 6.07) is 15.4. The maximum Gasteiger partial charge on any atom is 0.262 e. The molecule has 0 heterocycles. The van der Waals surface area contributed by atoms with E-state index in [1.165, 1.54) is 6.92 Å². The van der Waals surface area contributed by atoms with Crippen LogP contribution in [0, 0.1) is 11.3 Å². The van der Waals surface area contributed by atoms with Gasteiger partial charge in [0.05, 0.1) is 16.8 Å². The van der Waals surface area contributed by atoms with Gasteiger partial charge in [-0.05, 0) is 31.2 Å². The van der Waals surface area contributed by atoms with E-state index in [0.29, 0.717) is 22.6 Å². The Balaban J connectivity index is 2.02. The van der Waals surface area contributed by atoms with Crippen molar-refractivity contribution >= 4 is 17.4 Å². The van der Waals surface area contributed by atoms with Gasteiger partial charge < -0.3 is 10.1 Å². The molecule has 0 spiro atoms. The van der Waals surface area contributed by atoms with Crippen molar-refractivity contribution in [1.29, 1.82) is 5.26 Å². The van der Waals surface area contributed by atoms with E-state index in [2.05, 4.69) is 5.32 Å². The van der Waals surface area contributed by atoms with Crippen LogP contribution in [0.25, 0.3) is 0 Å². The first-order valence-electron chi connectivity index (χ1n) is 6.63. The van der Waals surface area contributed by atoms with Crippen molar-refractivity contribution in [3.05, 3.63) is 59.7 Å². The highest BCUT2D eigenvalue weighted by molar-refractivity contribution is 5.97. The lowest BCUT2D eigenvalue weighted by atomic mass is 10.1. The third-order valence-corrected chi connectivity index (χ3v) is 2.95. The number of nitrogens with zero attached hydrogens (tertiary/aromatic N) is 1. The first-order valence-corrected chi connectivity index (χ1v) is 6.63. The third-order valence-electron chi connectivity index (χ3n) is 2.95. The highest BCUT2D eigenvalue weighted by atomic mass is 16.5. The number of amides is 1. The van der Waals surface area contributed by atoms with Crippen molar-refractivity contribution in [2.45, 2.75) is 6.92 Å². The average Bonchev–Trinajstić information content (AvgIpc) is 2.53. The lowest BCUT2D eigenvalue weighted by molar-refractivity contribution is -0.118. The van der Waals surface area contributed by atoms with Gasteiger partial charge in [0, 0.05) is 0 Å². The lowest BCUT2D eigenvalue weighted by Crippen LogP contribution is -2.21. The number of rotatable bonds is 5. The number of Topliss-reactive ketones (excluding diaryl/α,β-unsaturated/α-hetero) is 1. The monoisotopic (exact) mass is 294 g/mol. The van der Waals surface area contributed by atoms with Crippen molar-refractivity contribution in [3.8, 4) is 11.8 Å². The molecule has 22 heavy (non-hydrogen) atoms. The number of nitrogens with one attached hydrogen (secondary N) is 1. The van der Waals surface area contributed by atoms with Crippen molar-refractivity contribution < 1.29 is 14.3 Å². The molecule has 0 unspecified atom stereocenters. The van der Waals surface area contributed by atoms with E-state index in [0.717, 1.165) is 0 Å². The smallest absolute Gasteiger partial charge is 0.262 e. The maximum atomic E-state index is 11.9. The van der Waals surface area contributed by atoms with Crippen LogP contribution in [0.5, 0.6) is 5.75 Å². The number of ketones is 1. The summed E-state index contributed by atoms with van der Waals surface area (Å²) in [5, 5.41) is 11.6. The summed E-state index contributed by atoms with van der Waals surface area (Å²) >= 11 is 0. The van der Waals surface area contributed by atoms with Crippen molar-refractivity contribution in [1.82, 2.24) is 0 Å². The molecule has 5 heteroatoms. The largest absolute Gasteiger partial charge is 0.483 e. The molecule has 2 aromatic carbocycles. The second kappa shape index (κ2) is 7.04. The fraction of sp³-hybridized carbons (Fsp3) is 0.118. The van der Waals surface area contributed by atoms with E-state index >= 15 is 0 Å². The summed E-state index contributed by atoms with van der Waals surface area (Å²) in [5.74, 6) is -0.175. The molecule has 0 saturated heterocycles.